The minimum Gasteiger partial charge on any atom is -0.391 e. The van der Waals surface area contributed by atoms with Gasteiger partial charge in [0.25, 0.3) is 0 Å². The smallest absolute Gasteiger partial charge is 0.242 e. The van der Waals surface area contributed by atoms with E-state index in [9.17, 15) is 13.5 Å². The van der Waals surface area contributed by atoms with Crippen LogP contribution in [0.2, 0.25) is 5.02 Å². The number of halogens is 1. The van der Waals surface area contributed by atoms with Crippen LogP contribution in [0.3, 0.4) is 0 Å². The maximum atomic E-state index is 12.5. The third-order valence-corrected chi connectivity index (χ3v) is 6.34. The van der Waals surface area contributed by atoms with E-state index in [1.165, 1.54) is 11.3 Å². The zero-order valence-electron chi connectivity index (χ0n) is 11.6. The maximum Gasteiger partial charge on any atom is 0.242 e. The van der Waals surface area contributed by atoms with Crippen LogP contribution in [0.1, 0.15) is 29.0 Å². The Bertz CT molecular complexity index is 723. The molecule has 0 aliphatic heterocycles. The predicted octanol–water partition coefficient (Wildman–Crippen LogP) is 3.24. The molecule has 4 nitrogen and oxygen atoms in total. The Morgan fingerprint density at radius 3 is 2.52 bits per heavy atom. The summed E-state index contributed by atoms with van der Waals surface area (Å²) in [6, 6.07) is 6.61. The number of hydrogen-bond donors (Lipinski definition) is 2. The molecule has 2 rings (SSSR count). The van der Waals surface area contributed by atoms with Crippen molar-refractivity contribution in [3.63, 3.8) is 0 Å². The van der Waals surface area contributed by atoms with Crippen molar-refractivity contribution in [3.8, 4) is 0 Å². The Morgan fingerprint density at radius 2 is 1.95 bits per heavy atom. The fourth-order valence-electron chi connectivity index (χ4n) is 2.07. The zero-order valence-corrected chi connectivity index (χ0v) is 14.0. The topological polar surface area (TPSA) is 66.4 Å². The monoisotopic (exact) mass is 345 g/mol. The van der Waals surface area contributed by atoms with Crippen LogP contribution in [0.5, 0.6) is 0 Å². The van der Waals surface area contributed by atoms with Gasteiger partial charge in [0.05, 0.1) is 11.5 Å². The number of hydrogen-bond acceptors (Lipinski definition) is 4. The molecule has 114 valence electrons. The van der Waals surface area contributed by atoms with E-state index in [2.05, 4.69) is 4.72 Å². The summed E-state index contributed by atoms with van der Waals surface area (Å²) in [6.45, 7) is 3.20. The Labute approximate surface area is 133 Å². The highest BCUT2D eigenvalue weighted by Crippen LogP contribution is 2.28. The fourth-order valence-corrected chi connectivity index (χ4v) is 5.09. The number of rotatable bonds is 5. The third-order valence-electron chi connectivity index (χ3n) is 3.10. The summed E-state index contributed by atoms with van der Waals surface area (Å²) in [5.74, 6) is 0. The molecule has 0 spiro atoms. The second-order valence-electron chi connectivity index (χ2n) is 4.72. The van der Waals surface area contributed by atoms with Gasteiger partial charge in [0, 0.05) is 11.1 Å². The maximum absolute atomic E-state index is 12.5. The number of sulfonamides is 1. The molecule has 0 bridgehead atoms. The van der Waals surface area contributed by atoms with Gasteiger partial charge < -0.3 is 5.11 Å². The first-order valence-corrected chi connectivity index (χ1v) is 9.05. The summed E-state index contributed by atoms with van der Waals surface area (Å²) in [4.78, 5) is 0.624. The fraction of sp³-hybridized carbons (Fsp3) is 0.286. The van der Waals surface area contributed by atoms with Gasteiger partial charge >= 0.3 is 0 Å². The van der Waals surface area contributed by atoms with E-state index < -0.39 is 16.1 Å². The highest BCUT2D eigenvalue weighted by atomic mass is 35.5. The second-order valence-corrected chi connectivity index (χ2v) is 7.78. The third kappa shape index (κ3) is 3.64. The van der Waals surface area contributed by atoms with Gasteiger partial charge in [0.1, 0.15) is 4.90 Å². The molecular weight excluding hydrogens is 330 g/mol. The van der Waals surface area contributed by atoms with Crippen molar-refractivity contribution in [3.05, 3.63) is 50.7 Å². The second kappa shape index (κ2) is 6.46. The number of thiophene rings is 1. The first kappa shape index (κ1) is 16.5. The molecule has 0 aliphatic carbocycles. The highest BCUT2D eigenvalue weighted by molar-refractivity contribution is 7.89. The minimum absolute atomic E-state index is 0.177. The Balaban J connectivity index is 2.28. The van der Waals surface area contributed by atoms with Gasteiger partial charge in [-0.1, -0.05) is 23.7 Å². The molecule has 0 fully saturated rings. The number of aliphatic hydroxyl groups excluding tert-OH is 1. The van der Waals surface area contributed by atoms with Crippen LogP contribution in [-0.4, -0.2) is 13.5 Å². The van der Waals surface area contributed by atoms with Crippen molar-refractivity contribution in [2.24, 2.45) is 0 Å². The van der Waals surface area contributed by atoms with Gasteiger partial charge in [-0.3, -0.25) is 0 Å². The molecule has 0 saturated heterocycles. The zero-order chi connectivity index (χ0) is 15.6. The van der Waals surface area contributed by atoms with Gasteiger partial charge in [-0.2, -0.15) is 0 Å². The van der Waals surface area contributed by atoms with E-state index in [1.807, 2.05) is 0 Å². The van der Waals surface area contributed by atoms with Crippen molar-refractivity contribution in [2.45, 2.75) is 31.4 Å². The number of aliphatic hydroxyl groups is 1. The van der Waals surface area contributed by atoms with Crippen LogP contribution in [0, 0.1) is 6.92 Å². The quantitative estimate of drug-likeness (QED) is 0.874. The molecule has 2 aromatic rings. The molecule has 0 saturated carbocycles. The molecule has 1 aromatic heterocycles. The lowest BCUT2D eigenvalue weighted by molar-refractivity contribution is 0.282. The molecule has 1 unspecified atom stereocenters. The Kier molecular flexibility index (Phi) is 5.06. The average molecular weight is 346 g/mol. The van der Waals surface area contributed by atoms with Crippen LogP contribution in [0.15, 0.2) is 34.5 Å². The Hall–Kier alpha value is -0.920. The van der Waals surface area contributed by atoms with Gasteiger partial charge in [-0.25, -0.2) is 13.1 Å². The molecule has 1 aromatic carbocycles. The molecule has 0 radical (unpaired) electrons. The molecule has 21 heavy (non-hydrogen) atoms. The number of aryl methyl sites for hydroxylation is 1. The van der Waals surface area contributed by atoms with Crippen LogP contribution < -0.4 is 4.72 Å². The van der Waals surface area contributed by atoms with Crippen molar-refractivity contribution >= 4 is 33.0 Å². The summed E-state index contributed by atoms with van der Waals surface area (Å²) in [6.07, 6.45) is 0. The molecule has 1 heterocycles. The van der Waals surface area contributed by atoms with Crippen molar-refractivity contribution in [1.82, 2.24) is 4.72 Å². The lowest BCUT2D eigenvalue weighted by Crippen LogP contribution is -2.27. The van der Waals surface area contributed by atoms with E-state index in [-0.39, 0.29) is 11.5 Å². The van der Waals surface area contributed by atoms with Gasteiger partial charge in [-0.05, 0) is 42.5 Å². The lowest BCUT2D eigenvalue weighted by atomic mass is 10.1. The predicted molar refractivity (Wildman–Crippen MR) is 85.2 cm³/mol. The SMILES string of the molecule is Cc1csc(CO)c1S(=O)(=O)NC(C)c1ccc(Cl)cc1. The summed E-state index contributed by atoms with van der Waals surface area (Å²) >= 11 is 7.07. The van der Waals surface area contributed by atoms with E-state index >= 15 is 0 Å². The van der Waals surface area contributed by atoms with E-state index in [1.54, 1.807) is 43.5 Å². The van der Waals surface area contributed by atoms with Gasteiger partial charge in [-0.15, -0.1) is 11.3 Å². The van der Waals surface area contributed by atoms with Gasteiger partial charge in [0.15, 0.2) is 0 Å². The molecule has 0 aliphatic rings. The normalized spacial score (nSPS) is 13.3. The standard InChI is InChI=1S/C14H16ClNO3S2/c1-9-8-20-13(7-17)14(9)21(18,19)16-10(2)11-3-5-12(15)6-4-11/h3-6,8,10,16-17H,7H2,1-2H3. The molecule has 1 atom stereocenters. The number of nitrogens with one attached hydrogen (secondary N) is 1. The largest absolute Gasteiger partial charge is 0.391 e. The molecule has 0 amide bonds. The van der Waals surface area contributed by atoms with E-state index in [4.69, 9.17) is 11.6 Å². The minimum atomic E-state index is -3.68. The Morgan fingerprint density at radius 1 is 1.33 bits per heavy atom. The van der Waals surface area contributed by atoms with Gasteiger partial charge in [0.2, 0.25) is 10.0 Å². The summed E-state index contributed by atoms with van der Waals surface area (Å²) in [5, 5.41) is 11.6. The van der Waals surface area contributed by atoms with Crippen molar-refractivity contribution in [1.29, 1.82) is 0 Å². The summed E-state index contributed by atoms with van der Waals surface area (Å²) in [7, 11) is -3.68. The summed E-state index contributed by atoms with van der Waals surface area (Å²) < 4.78 is 27.6. The lowest BCUT2D eigenvalue weighted by Gasteiger charge is -2.15. The van der Waals surface area contributed by atoms with E-state index in [0.29, 0.717) is 15.5 Å². The first-order valence-electron chi connectivity index (χ1n) is 6.30. The van der Waals surface area contributed by atoms with Crippen LogP contribution in [0.25, 0.3) is 0 Å². The van der Waals surface area contributed by atoms with Crippen molar-refractivity contribution < 1.29 is 13.5 Å². The molecule has 7 heteroatoms. The average Bonchev–Trinajstić information content (AvgIpc) is 2.80. The number of benzene rings is 1. The van der Waals surface area contributed by atoms with Crippen LogP contribution in [-0.2, 0) is 16.6 Å². The van der Waals surface area contributed by atoms with Crippen LogP contribution in [0.4, 0.5) is 0 Å². The molecule has 2 N–H and O–H groups in total. The molecular formula is C14H16ClNO3S2. The highest BCUT2D eigenvalue weighted by Gasteiger charge is 2.24. The summed E-state index contributed by atoms with van der Waals surface area (Å²) in [5.41, 5.74) is 1.46. The first-order chi connectivity index (χ1) is 9.85. The van der Waals surface area contributed by atoms with Crippen molar-refractivity contribution in [2.75, 3.05) is 0 Å². The van der Waals surface area contributed by atoms with E-state index in [0.717, 1.165) is 5.56 Å². The van der Waals surface area contributed by atoms with Crippen LogP contribution >= 0.6 is 22.9 Å².